The van der Waals surface area contributed by atoms with Crippen molar-refractivity contribution in [3.63, 3.8) is 0 Å². The summed E-state index contributed by atoms with van der Waals surface area (Å²) < 4.78 is 1.03. The summed E-state index contributed by atoms with van der Waals surface area (Å²) >= 11 is 1.54. The number of phenols is 1. The number of hydrogen-bond acceptors (Lipinski definition) is 3. The minimum atomic E-state index is 0.265. The van der Waals surface area contributed by atoms with Crippen molar-refractivity contribution in [1.29, 1.82) is 0 Å². The van der Waals surface area contributed by atoms with E-state index in [-0.39, 0.29) is 5.75 Å². The highest BCUT2D eigenvalue weighted by molar-refractivity contribution is 7.17. The van der Waals surface area contributed by atoms with Gasteiger partial charge in [0.25, 0.3) is 0 Å². The first kappa shape index (κ1) is 6.49. The topological polar surface area (TPSA) is 46.2 Å². The van der Waals surface area contributed by atoms with Gasteiger partial charge in [0, 0.05) is 10.1 Å². The average molecular weight is 165 g/mol. The predicted molar refractivity (Wildman–Crippen MR) is 47.9 cm³/mol. The Morgan fingerprint density at radius 3 is 2.91 bits per heavy atom. The van der Waals surface area contributed by atoms with Crippen LogP contribution in [-0.2, 0) is 0 Å². The summed E-state index contributed by atoms with van der Waals surface area (Å²) in [5.74, 6) is 0.265. The van der Waals surface area contributed by atoms with Crippen molar-refractivity contribution in [3.8, 4) is 5.75 Å². The predicted octanol–water partition coefficient (Wildman–Crippen LogP) is 2.19. The third kappa shape index (κ3) is 0.851. The fourth-order valence-electron chi connectivity index (χ4n) is 1.09. The van der Waals surface area contributed by atoms with E-state index in [9.17, 15) is 5.11 Å². The molecule has 0 saturated heterocycles. The molecule has 11 heavy (non-hydrogen) atoms. The monoisotopic (exact) mass is 165 g/mol. The van der Waals surface area contributed by atoms with Crippen LogP contribution in [0.15, 0.2) is 23.6 Å². The number of phenolic OH excluding ortho intramolecular Hbond substituents is 1. The maximum atomic E-state index is 9.37. The number of nitrogen functional groups attached to an aromatic ring is 1. The molecule has 56 valence electrons. The van der Waals surface area contributed by atoms with Gasteiger partial charge in [-0.05, 0) is 12.1 Å². The summed E-state index contributed by atoms with van der Waals surface area (Å²) in [6, 6.07) is 5.40. The van der Waals surface area contributed by atoms with Crippen LogP contribution in [0.5, 0.6) is 5.75 Å². The summed E-state index contributed by atoms with van der Waals surface area (Å²) in [6.45, 7) is 0. The van der Waals surface area contributed by atoms with Gasteiger partial charge in [-0.25, -0.2) is 0 Å². The van der Waals surface area contributed by atoms with E-state index in [1.807, 2.05) is 17.5 Å². The average Bonchev–Trinajstić information content (AvgIpc) is 2.34. The summed E-state index contributed by atoms with van der Waals surface area (Å²) in [5.41, 5.74) is 6.28. The molecule has 2 aromatic rings. The number of rotatable bonds is 0. The Kier molecular flexibility index (Phi) is 1.26. The van der Waals surface area contributed by atoms with Crippen LogP contribution in [0, 0.1) is 0 Å². The second-order valence-electron chi connectivity index (χ2n) is 2.34. The molecule has 0 saturated carbocycles. The first-order valence-corrected chi connectivity index (χ1v) is 4.11. The van der Waals surface area contributed by atoms with Crippen LogP contribution in [0.25, 0.3) is 10.1 Å². The van der Waals surface area contributed by atoms with Crippen molar-refractivity contribution in [2.24, 2.45) is 0 Å². The summed E-state index contributed by atoms with van der Waals surface area (Å²) in [6.07, 6.45) is 0. The molecule has 3 N–H and O–H groups in total. The SMILES string of the molecule is Nc1csc2cccc(O)c12. The standard InChI is InChI=1S/C8H7NOS/c9-5-4-11-7-3-1-2-6(10)8(5)7/h1-4,10H,9H2. The van der Waals surface area contributed by atoms with Gasteiger partial charge < -0.3 is 10.8 Å². The molecule has 0 aliphatic carbocycles. The van der Waals surface area contributed by atoms with Crippen molar-refractivity contribution < 1.29 is 5.11 Å². The Hall–Kier alpha value is -1.22. The van der Waals surface area contributed by atoms with Crippen molar-refractivity contribution in [3.05, 3.63) is 23.6 Å². The molecule has 0 aliphatic rings. The number of hydrogen-bond donors (Lipinski definition) is 2. The number of anilines is 1. The van der Waals surface area contributed by atoms with E-state index in [0.717, 1.165) is 10.1 Å². The molecule has 0 fully saturated rings. The second-order valence-corrected chi connectivity index (χ2v) is 3.25. The molecule has 1 heterocycles. The van der Waals surface area contributed by atoms with Gasteiger partial charge in [0.15, 0.2) is 0 Å². The third-order valence-corrected chi connectivity index (χ3v) is 2.57. The van der Waals surface area contributed by atoms with Gasteiger partial charge in [0.2, 0.25) is 0 Å². The molecular weight excluding hydrogens is 158 g/mol. The van der Waals surface area contributed by atoms with Gasteiger partial charge in [0.05, 0.1) is 11.1 Å². The van der Waals surface area contributed by atoms with Gasteiger partial charge in [-0.3, -0.25) is 0 Å². The maximum absolute atomic E-state index is 9.37. The van der Waals surface area contributed by atoms with Gasteiger partial charge in [-0.15, -0.1) is 11.3 Å². The first-order valence-electron chi connectivity index (χ1n) is 3.23. The molecule has 1 aromatic heterocycles. The van der Waals surface area contributed by atoms with Crippen LogP contribution >= 0.6 is 11.3 Å². The number of thiophene rings is 1. The van der Waals surface area contributed by atoms with Crippen LogP contribution < -0.4 is 5.73 Å². The Balaban J connectivity index is 2.96. The molecule has 1 aromatic carbocycles. The highest BCUT2D eigenvalue weighted by Crippen LogP contribution is 2.34. The Morgan fingerprint density at radius 2 is 2.18 bits per heavy atom. The highest BCUT2D eigenvalue weighted by atomic mass is 32.1. The normalized spacial score (nSPS) is 10.5. The van der Waals surface area contributed by atoms with Crippen LogP contribution in [-0.4, -0.2) is 5.11 Å². The molecular formula is C8H7NOS. The summed E-state index contributed by atoms with van der Waals surface area (Å²) in [7, 11) is 0. The number of fused-ring (bicyclic) bond motifs is 1. The summed E-state index contributed by atoms with van der Waals surface area (Å²) in [5, 5.41) is 12.0. The van der Waals surface area contributed by atoms with E-state index in [0.29, 0.717) is 5.69 Å². The zero-order valence-electron chi connectivity index (χ0n) is 5.74. The van der Waals surface area contributed by atoms with Crippen molar-refractivity contribution in [2.75, 3.05) is 5.73 Å². The lowest BCUT2D eigenvalue weighted by Gasteiger charge is -1.94. The minimum Gasteiger partial charge on any atom is -0.507 e. The molecule has 0 radical (unpaired) electrons. The number of benzene rings is 1. The van der Waals surface area contributed by atoms with Crippen LogP contribution in [0.2, 0.25) is 0 Å². The van der Waals surface area contributed by atoms with Crippen LogP contribution in [0.3, 0.4) is 0 Å². The van der Waals surface area contributed by atoms with E-state index in [2.05, 4.69) is 0 Å². The van der Waals surface area contributed by atoms with E-state index >= 15 is 0 Å². The smallest absolute Gasteiger partial charge is 0.126 e. The maximum Gasteiger partial charge on any atom is 0.126 e. The molecule has 2 nitrogen and oxygen atoms in total. The van der Waals surface area contributed by atoms with Gasteiger partial charge in [-0.1, -0.05) is 6.07 Å². The molecule has 3 heteroatoms. The van der Waals surface area contributed by atoms with Crippen molar-refractivity contribution in [2.45, 2.75) is 0 Å². The van der Waals surface area contributed by atoms with Crippen molar-refractivity contribution >= 4 is 27.1 Å². The second kappa shape index (κ2) is 2.13. The molecule has 0 aliphatic heterocycles. The first-order chi connectivity index (χ1) is 5.29. The fourth-order valence-corrected chi connectivity index (χ4v) is 1.96. The van der Waals surface area contributed by atoms with Crippen LogP contribution in [0.4, 0.5) is 5.69 Å². The summed E-state index contributed by atoms with van der Waals surface area (Å²) in [4.78, 5) is 0. The number of aromatic hydroxyl groups is 1. The highest BCUT2D eigenvalue weighted by Gasteiger charge is 2.03. The Morgan fingerprint density at radius 1 is 1.36 bits per heavy atom. The van der Waals surface area contributed by atoms with E-state index < -0.39 is 0 Å². The molecule has 2 rings (SSSR count). The van der Waals surface area contributed by atoms with Crippen molar-refractivity contribution in [1.82, 2.24) is 0 Å². The fraction of sp³-hybridized carbons (Fsp3) is 0. The largest absolute Gasteiger partial charge is 0.507 e. The van der Waals surface area contributed by atoms with E-state index in [1.165, 1.54) is 0 Å². The Labute approximate surface area is 67.9 Å². The van der Waals surface area contributed by atoms with Gasteiger partial charge in [-0.2, -0.15) is 0 Å². The molecule has 0 unspecified atom stereocenters. The Bertz CT molecular complexity index is 394. The quantitative estimate of drug-likeness (QED) is 0.628. The number of nitrogens with two attached hydrogens (primary N) is 1. The lowest BCUT2D eigenvalue weighted by Crippen LogP contribution is -1.79. The van der Waals surface area contributed by atoms with E-state index in [1.54, 1.807) is 17.4 Å². The zero-order valence-corrected chi connectivity index (χ0v) is 6.56. The molecule has 0 spiro atoms. The lowest BCUT2D eigenvalue weighted by atomic mass is 10.2. The minimum absolute atomic E-state index is 0.265. The van der Waals surface area contributed by atoms with Gasteiger partial charge in [0.1, 0.15) is 5.75 Å². The van der Waals surface area contributed by atoms with E-state index in [4.69, 9.17) is 5.73 Å². The molecule has 0 atom stereocenters. The zero-order chi connectivity index (χ0) is 7.84. The van der Waals surface area contributed by atoms with Crippen LogP contribution in [0.1, 0.15) is 0 Å². The third-order valence-electron chi connectivity index (χ3n) is 1.61. The molecule has 0 amide bonds. The molecule has 0 bridgehead atoms. The van der Waals surface area contributed by atoms with Gasteiger partial charge >= 0.3 is 0 Å². The lowest BCUT2D eigenvalue weighted by molar-refractivity contribution is 0.482.